The van der Waals surface area contributed by atoms with Crippen molar-refractivity contribution in [1.82, 2.24) is 0 Å². The number of hydrogen-bond donors (Lipinski definition) is 1. The molecule has 2 heteroatoms. The lowest BCUT2D eigenvalue weighted by Gasteiger charge is -2.16. The molecule has 0 heterocycles. The Morgan fingerprint density at radius 2 is 1.35 bits per heavy atom. The third kappa shape index (κ3) is 3.47. The van der Waals surface area contributed by atoms with Gasteiger partial charge in [-0.3, -0.25) is 4.79 Å². The van der Waals surface area contributed by atoms with E-state index in [1.54, 1.807) is 12.1 Å². The maximum Gasteiger partial charge on any atom is 0.142 e. The SMILES string of the molecule is CC(C)(C)C(=O)Cc1ccc(-c2ccc(O)cc2)cc1. The summed E-state index contributed by atoms with van der Waals surface area (Å²) in [4.78, 5) is 12.0. The van der Waals surface area contributed by atoms with Crippen molar-refractivity contribution in [2.24, 2.45) is 5.41 Å². The van der Waals surface area contributed by atoms with E-state index in [1.807, 2.05) is 57.2 Å². The molecule has 2 aromatic carbocycles. The van der Waals surface area contributed by atoms with E-state index in [4.69, 9.17) is 0 Å². The van der Waals surface area contributed by atoms with Gasteiger partial charge in [-0.05, 0) is 28.8 Å². The average molecular weight is 268 g/mol. The van der Waals surface area contributed by atoms with Gasteiger partial charge in [0, 0.05) is 11.8 Å². The van der Waals surface area contributed by atoms with Gasteiger partial charge in [0.05, 0.1) is 0 Å². The van der Waals surface area contributed by atoms with Crippen LogP contribution < -0.4 is 0 Å². The molecule has 0 unspecified atom stereocenters. The van der Waals surface area contributed by atoms with Crippen LogP contribution in [0, 0.1) is 5.41 Å². The third-order valence-electron chi connectivity index (χ3n) is 3.36. The van der Waals surface area contributed by atoms with Gasteiger partial charge in [0.15, 0.2) is 0 Å². The predicted molar refractivity (Wildman–Crippen MR) is 81.7 cm³/mol. The van der Waals surface area contributed by atoms with Crippen LogP contribution in [-0.4, -0.2) is 10.9 Å². The molecule has 0 aromatic heterocycles. The van der Waals surface area contributed by atoms with Crippen molar-refractivity contribution in [2.45, 2.75) is 27.2 Å². The highest BCUT2D eigenvalue weighted by molar-refractivity contribution is 5.85. The monoisotopic (exact) mass is 268 g/mol. The first-order valence-corrected chi connectivity index (χ1v) is 6.78. The lowest BCUT2D eigenvalue weighted by Crippen LogP contribution is -2.21. The van der Waals surface area contributed by atoms with E-state index >= 15 is 0 Å². The Morgan fingerprint density at radius 1 is 0.900 bits per heavy atom. The van der Waals surface area contributed by atoms with Gasteiger partial charge >= 0.3 is 0 Å². The van der Waals surface area contributed by atoms with Gasteiger partial charge in [-0.1, -0.05) is 57.2 Å². The van der Waals surface area contributed by atoms with Crippen LogP contribution in [0.5, 0.6) is 5.75 Å². The maximum atomic E-state index is 12.0. The molecule has 0 saturated carbocycles. The number of ketones is 1. The molecule has 104 valence electrons. The van der Waals surface area contributed by atoms with Crippen LogP contribution in [0.15, 0.2) is 48.5 Å². The minimum absolute atomic E-state index is 0.245. The topological polar surface area (TPSA) is 37.3 Å². The molecule has 0 fully saturated rings. The van der Waals surface area contributed by atoms with Gasteiger partial charge in [0.25, 0.3) is 0 Å². The molecule has 0 radical (unpaired) electrons. The molecule has 2 nitrogen and oxygen atoms in total. The highest BCUT2D eigenvalue weighted by Crippen LogP contribution is 2.23. The summed E-state index contributed by atoms with van der Waals surface area (Å²) in [6, 6.07) is 15.1. The number of Topliss-reactive ketones (excluding diaryl/α,β-unsaturated/α-hetero) is 1. The second kappa shape index (κ2) is 5.49. The molecular formula is C18H20O2. The Balaban J connectivity index is 2.14. The Morgan fingerprint density at radius 3 is 1.80 bits per heavy atom. The van der Waals surface area contributed by atoms with Crippen LogP contribution in [-0.2, 0) is 11.2 Å². The summed E-state index contributed by atoms with van der Waals surface area (Å²) in [6.45, 7) is 5.83. The van der Waals surface area contributed by atoms with Crippen LogP contribution in [0.4, 0.5) is 0 Å². The van der Waals surface area contributed by atoms with Crippen molar-refractivity contribution in [2.75, 3.05) is 0 Å². The number of hydrogen-bond acceptors (Lipinski definition) is 2. The van der Waals surface area contributed by atoms with Crippen LogP contribution in [0.2, 0.25) is 0 Å². The third-order valence-corrected chi connectivity index (χ3v) is 3.36. The number of rotatable bonds is 3. The molecule has 20 heavy (non-hydrogen) atoms. The average Bonchev–Trinajstić information content (AvgIpc) is 2.39. The molecule has 0 amide bonds. The Labute approximate surface area is 120 Å². The fraction of sp³-hybridized carbons (Fsp3) is 0.278. The van der Waals surface area contributed by atoms with Crippen LogP contribution in [0.3, 0.4) is 0 Å². The fourth-order valence-corrected chi connectivity index (χ4v) is 1.92. The molecule has 0 aliphatic rings. The Hall–Kier alpha value is -2.09. The Bertz CT molecular complexity index is 587. The summed E-state index contributed by atoms with van der Waals surface area (Å²) in [5.41, 5.74) is 2.87. The zero-order valence-electron chi connectivity index (χ0n) is 12.2. The van der Waals surface area contributed by atoms with E-state index in [1.165, 1.54) is 0 Å². The minimum atomic E-state index is -0.296. The van der Waals surface area contributed by atoms with E-state index in [-0.39, 0.29) is 16.9 Å². The standard InChI is InChI=1S/C18H20O2/c1-18(2,3)17(20)12-13-4-6-14(7-5-13)15-8-10-16(19)11-9-15/h4-11,19H,12H2,1-3H3. The van der Waals surface area contributed by atoms with E-state index in [2.05, 4.69) is 0 Å². The number of benzene rings is 2. The summed E-state index contributed by atoms with van der Waals surface area (Å²) in [7, 11) is 0. The van der Waals surface area contributed by atoms with E-state index in [9.17, 15) is 9.90 Å². The van der Waals surface area contributed by atoms with Gasteiger partial charge in [-0.15, -0.1) is 0 Å². The molecule has 0 bridgehead atoms. The number of aromatic hydroxyl groups is 1. The zero-order chi connectivity index (χ0) is 14.8. The van der Waals surface area contributed by atoms with E-state index in [0.29, 0.717) is 6.42 Å². The summed E-state index contributed by atoms with van der Waals surface area (Å²) in [5, 5.41) is 9.29. The lowest BCUT2D eigenvalue weighted by molar-refractivity contribution is -0.125. The van der Waals surface area contributed by atoms with Crippen LogP contribution in [0.1, 0.15) is 26.3 Å². The van der Waals surface area contributed by atoms with Gasteiger partial charge in [0.2, 0.25) is 0 Å². The van der Waals surface area contributed by atoms with Crippen molar-refractivity contribution in [3.63, 3.8) is 0 Å². The number of phenolic OH excluding ortho intramolecular Hbond substituents is 1. The first-order chi connectivity index (χ1) is 9.36. The second-order valence-corrected chi connectivity index (χ2v) is 6.09. The smallest absolute Gasteiger partial charge is 0.142 e. The zero-order valence-corrected chi connectivity index (χ0v) is 12.2. The largest absolute Gasteiger partial charge is 0.508 e. The van der Waals surface area contributed by atoms with Crippen molar-refractivity contribution in [1.29, 1.82) is 0 Å². The molecule has 0 aliphatic heterocycles. The molecule has 0 atom stereocenters. The highest BCUT2D eigenvalue weighted by Gasteiger charge is 2.20. The summed E-state index contributed by atoms with van der Waals surface area (Å²) >= 11 is 0. The fourth-order valence-electron chi connectivity index (χ4n) is 1.92. The maximum absolute atomic E-state index is 12.0. The van der Waals surface area contributed by atoms with Gasteiger partial charge in [-0.25, -0.2) is 0 Å². The minimum Gasteiger partial charge on any atom is -0.508 e. The van der Waals surface area contributed by atoms with Gasteiger partial charge in [0.1, 0.15) is 11.5 Å². The molecule has 2 aromatic rings. The summed E-state index contributed by atoms with van der Waals surface area (Å²) in [5.74, 6) is 0.510. The van der Waals surface area contributed by atoms with Gasteiger partial charge < -0.3 is 5.11 Å². The van der Waals surface area contributed by atoms with Crippen LogP contribution >= 0.6 is 0 Å². The summed E-state index contributed by atoms with van der Waals surface area (Å²) in [6.07, 6.45) is 0.472. The number of carbonyl (C=O) groups excluding carboxylic acids is 1. The van der Waals surface area contributed by atoms with Crippen LogP contribution in [0.25, 0.3) is 11.1 Å². The van der Waals surface area contributed by atoms with Crippen molar-refractivity contribution in [3.05, 3.63) is 54.1 Å². The predicted octanol–water partition coefficient (Wildman–Crippen LogP) is 4.22. The second-order valence-electron chi connectivity index (χ2n) is 6.09. The first kappa shape index (κ1) is 14.3. The number of phenols is 1. The normalized spacial score (nSPS) is 11.3. The Kier molecular flexibility index (Phi) is 3.93. The quantitative estimate of drug-likeness (QED) is 0.905. The summed E-state index contributed by atoms with van der Waals surface area (Å²) < 4.78 is 0. The molecule has 1 N–H and O–H groups in total. The lowest BCUT2D eigenvalue weighted by atomic mass is 9.87. The molecule has 2 rings (SSSR count). The molecular weight excluding hydrogens is 248 g/mol. The van der Waals surface area contributed by atoms with Crippen molar-refractivity contribution >= 4 is 5.78 Å². The van der Waals surface area contributed by atoms with Gasteiger partial charge in [-0.2, -0.15) is 0 Å². The first-order valence-electron chi connectivity index (χ1n) is 6.78. The molecule has 0 aliphatic carbocycles. The number of carbonyl (C=O) groups is 1. The highest BCUT2D eigenvalue weighted by atomic mass is 16.3. The van der Waals surface area contributed by atoms with E-state index < -0.39 is 0 Å². The molecule has 0 saturated heterocycles. The van der Waals surface area contributed by atoms with Crippen molar-refractivity contribution < 1.29 is 9.90 Å². The van der Waals surface area contributed by atoms with E-state index in [0.717, 1.165) is 16.7 Å². The van der Waals surface area contributed by atoms with Crippen molar-refractivity contribution in [3.8, 4) is 16.9 Å². The molecule has 0 spiro atoms.